The molecule has 6 nitrogen and oxygen atoms in total. The van der Waals surface area contributed by atoms with Gasteiger partial charge in [-0.05, 0) is 20.8 Å². The van der Waals surface area contributed by atoms with Crippen molar-refractivity contribution in [3.8, 4) is 0 Å². The number of carbonyl (C=O) groups is 1. The van der Waals surface area contributed by atoms with Crippen molar-refractivity contribution < 1.29 is 14.1 Å². The molecule has 1 aromatic heterocycles. The van der Waals surface area contributed by atoms with E-state index in [1.54, 1.807) is 0 Å². The van der Waals surface area contributed by atoms with Gasteiger partial charge in [0.15, 0.2) is 5.82 Å². The van der Waals surface area contributed by atoms with Crippen molar-refractivity contribution in [2.24, 2.45) is 0 Å². The topological polar surface area (TPSA) is 77.2 Å². The van der Waals surface area contributed by atoms with Crippen molar-refractivity contribution in [1.82, 2.24) is 15.5 Å². The Morgan fingerprint density at radius 3 is 2.87 bits per heavy atom. The zero-order valence-electron chi connectivity index (χ0n) is 9.11. The van der Waals surface area contributed by atoms with Gasteiger partial charge < -0.3 is 14.6 Å². The van der Waals surface area contributed by atoms with E-state index in [0.29, 0.717) is 18.8 Å². The Bertz CT molecular complexity index is 303. The fraction of sp³-hybridized carbons (Fsp3) is 0.667. The number of rotatable bonds is 3. The van der Waals surface area contributed by atoms with Crippen LogP contribution in [0.1, 0.15) is 26.6 Å². The first-order chi connectivity index (χ1) is 6.97. The number of carbonyl (C=O) groups excluding carboxylic acids is 1. The van der Waals surface area contributed by atoms with Gasteiger partial charge in [-0.25, -0.2) is 4.79 Å². The molecule has 0 bridgehead atoms. The minimum atomic E-state index is -0.476. The highest BCUT2D eigenvalue weighted by atomic mass is 16.6. The van der Waals surface area contributed by atoms with Crippen LogP contribution in [0, 0.1) is 0 Å². The molecule has 84 valence electrons. The van der Waals surface area contributed by atoms with E-state index in [9.17, 15) is 4.79 Å². The summed E-state index contributed by atoms with van der Waals surface area (Å²) in [6.07, 6.45) is 1.34. The third-order valence-electron chi connectivity index (χ3n) is 1.42. The molecule has 1 N–H and O–H groups in total. The Balaban J connectivity index is 2.18. The third kappa shape index (κ3) is 4.99. The highest BCUT2D eigenvalue weighted by molar-refractivity contribution is 5.67. The Morgan fingerprint density at radius 2 is 2.33 bits per heavy atom. The minimum absolute atomic E-state index is 0.425. The summed E-state index contributed by atoms with van der Waals surface area (Å²) in [7, 11) is 0. The lowest BCUT2D eigenvalue weighted by molar-refractivity contribution is 0.0528. The summed E-state index contributed by atoms with van der Waals surface area (Å²) >= 11 is 0. The smallest absolute Gasteiger partial charge is 0.407 e. The van der Waals surface area contributed by atoms with E-state index in [4.69, 9.17) is 4.74 Å². The van der Waals surface area contributed by atoms with Crippen LogP contribution in [0.15, 0.2) is 10.9 Å². The summed E-state index contributed by atoms with van der Waals surface area (Å²) in [5.74, 6) is 0.561. The van der Waals surface area contributed by atoms with Crippen LogP contribution in [0.2, 0.25) is 0 Å². The number of hydrogen-bond acceptors (Lipinski definition) is 5. The highest BCUT2D eigenvalue weighted by Crippen LogP contribution is 2.06. The molecular formula is C9H15N3O3. The molecule has 0 unspecified atom stereocenters. The number of nitrogens with zero attached hydrogens (tertiary/aromatic N) is 2. The Hall–Kier alpha value is -1.59. The Labute approximate surface area is 88.0 Å². The van der Waals surface area contributed by atoms with Crippen molar-refractivity contribution >= 4 is 6.09 Å². The summed E-state index contributed by atoms with van der Waals surface area (Å²) in [5, 5.41) is 6.20. The zero-order chi connectivity index (χ0) is 11.3. The summed E-state index contributed by atoms with van der Waals surface area (Å²) in [6, 6.07) is 0. The lowest BCUT2D eigenvalue weighted by atomic mass is 10.2. The van der Waals surface area contributed by atoms with Crippen LogP contribution < -0.4 is 5.32 Å². The maximum Gasteiger partial charge on any atom is 0.407 e. The van der Waals surface area contributed by atoms with Gasteiger partial charge in [0.2, 0.25) is 6.39 Å². The SMILES string of the molecule is CC(C)(C)OC(=O)NCCc1ncon1. The predicted octanol–water partition coefficient (Wildman–Crippen LogP) is 1.14. The molecule has 1 aromatic rings. The van der Waals surface area contributed by atoms with Gasteiger partial charge in [-0.15, -0.1) is 0 Å². The van der Waals surface area contributed by atoms with Gasteiger partial charge in [0.05, 0.1) is 0 Å². The average molecular weight is 213 g/mol. The normalized spacial score (nSPS) is 11.1. The van der Waals surface area contributed by atoms with Crippen LogP contribution >= 0.6 is 0 Å². The van der Waals surface area contributed by atoms with Crippen LogP contribution in [0.5, 0.6) is 0 Å². The largest absolute Gasteiger partial charge is 0.444 e. The molecular weight excluding hydrogens is 198 g/mol. The van der Waals surface area contributed by atoms with Gasteiger partial charge in [0.1, 0.15) is 5.60 Å². The second-order valence-electron chi connectivity index (χ2n) is 4.03. The fourth-order valence-corrected chi connectivity index (χ4v) is 0.893. The molecule has 15 heavy (non-hydrogen) atoms. The van der Waals surface area contributed by atoms with Gasteiger partial charge in [0, 0.05) is 13.0 Å². The molecule has 0 aromatic carbocycles. The van der Waals surface area contributed by atoms with Crippen molar-refractivity contribution in [2.45, 2.75) is 32.8 Å². The molecule has 0 atom stereocenters. The lowest BCUT2D eigenvalue weighted by Gasteiger charge is -2.19. The number of hydrogen-bond donors (Lipinski definition) is 1. The van der Waals surface area contributed by atoms with Crippen LogP contribution in [0.4, 0.5) is 4.79 Å². The van der Waals surface area contributed by atoms with Crippen LogP contribution in [-0.4, -0.2) is 28.4 Å². The van der Waals surface area contributed by atoms with Gasteiger partial charge >= 0.3 is 6.09 Å². The molecule has 0 saturated carbocycles. The van der Waals surface area contributed by atoms with Crippen molar-refractivity contribution in [2.75, 3.05) is 6.54 Å². The average Bonchev–Trinajstić information content (AvgIpc) is 2.53. The monoisotopic (exact) mass is 213 g/mol. The van der Waals surface area contributed by atoms with Crippen molar-refractivity contribution in [1.29, 1.82) is 0 Å². The van der Waals surface area contributed by atoms with Gasteiger partial charge in [-0.3, -0.25) is 0 Å². The van der Waals surface area contributed by atoms with E-state index in [2.05, 4.69) is 20.0 Å². The summed E-state index contributed by atoms with van der Waals surface area (Å²) in [6.45, 7) is 5.86. The standard InChI is InChI=1S/C9H15N3O3/c1-9(2,3)15-8(13)10-5-4-7-11-6-14-12-7/h6H,4-5H2,1-3H3,(H,10,13). The number of amides is 1. The summed E-state index contributed by atoms with van der Waals surface area (Å²) in [4.78, 5) is 15.0. The Morgan fingerprint density at radius 1 is 1.60 bits per heavy atom. The Kier molecular flexibility index (Phi) is 3.65. The molecule has 0 aliphatic carbocycles. The quantitative estimate of drug-likeness (QED) is 0.814. The molecule has 0 spiro atoms. The second kappa shape index (κ2) is 4.77. The molecule has 0 saturated heterocycles. The maximum absolute atomic E-state index is 11.2. The predicted molar refractivity (Wildman–Crippen MR) is 52.2 cm³/mol. The summed E-state index contributed by atoms with van der Waals surface area (Å²) < 4.78 is 9.59. The van der Waals surface area contributed by atoms with E-state index in [1.165, 1.54) is 6.39 Å². The van der Waals surface area contributed by atoms with E-state index in [1.807, 2.05) is 20.8 Å². The van der Waals surface area contributed by atoms with E-state index < -0.39 is 11.7 Å². The molecule has 0 aliphatic rings. The first-order valence-electron chi connectivity index (χ1n) is 4.69. The molecule has 0 fully saturated rings. The van der Waals surface area contributed by atoms with Crippen LogP contribution in [0.3, 0.4) is 0 Å². The number of alkyl carbamates (subject to hydrolysis) is 1. The number of aromatic nitrogens is 2. The third-order valence-corrected chi connectivity index (χ3v) is 1.42. The molecule has 6 heteroatoms. The lowest BCUT2D eigenvalue weighted by Crippen LogP contribution is -2.33. The van der Waals surface area contributed by atoms with Gasteiger partial charge in [0.25, 0.3) is 0 Å². The number of nitrogens with one attached hydrogen (secondary N) is 1. The van der Waals surface area contributed by atoms with Gasteiger partial charge in [-0.1, -0.05) is 5.16 Å². The highest BCUT2D eigenvalue weighted by Gasteiger charge is 2.15. The summed E-state index contributed by atoms with van der Waals surface area (Å²) in [5.41, 5.74) is -0.476. The van der Waals surface area contributed by atoms with E-state index >= 15 is 0 Å². The van der Waals surface area contributed by atoms with Crippen molar-refractivity contribution in [3.63, 3.8) is 0 Å². The first kappa shape index (κ1) is 11.5. The molecule has 1 heterocycles. The van der Waals surface area contributed by atoms with Crippen LogP contribution in [0.25, 0.3) is 0 Å². The second-order valence-corrected chi connectivity index (χ2v) is 4.03. The van der Waals surface area contributed by atoms with Crippen LogP contribution in [-0.2, 0) is 11.2 Å². The van der Waals surface area contributed by atoms with Gasteiger partial charge in [-0.2, -0.15) is 4.98 Å². The zero-order valence-corrected chi connectivity index (χ0v) is 9.11. The number of ether oxygens (including phenoxy) is 1. The molecule has 0 aliphatic heterocycles. The molecule has 1 rings (SSSR count). The van der Waals surface area contributed by atoms with Crippen molar-refractivity contribution in [3.05, 3.63) is 12.2 Å². The minimum Gasteiger partial charge on any atom is -0.444 e. The molecule has 1 amide bonds. The first-order valence-corrected chi connectivity index (χ1v) is 4.69. The fourth-order valence-electron chi connectivity index (χ4n) is 0.893. The van der Waals surface area contributed by atoms with E-state index in [0.717, 1.165) is 0 Å². The van der Waals surface area contributed by atoms with E-state index in [-0.39, 0.29) is 0 Å². The maximum atomic E-state index is 11.2. The molecule has 0 radical (unpaired) electrons.